The molecule has 2 atom stereocenters. The zero-order chi connectivity index (χ0) is 9.64. The monoisotopic (exact) mass is 182 g/mol. The molecule has 0 aromatic rings. The smallest absolute Gasteiger partial charge is 0.0546 e. The topological polar surface area (TPSA) is 20.2 Å². The van der Waals surface area contributed by atoms with Crippen LogP contribution in [-0.4, -0.2) is 11.2 Å². The van der Waals surface area contributed by atoms with Crippen LogP contribution in [0.4, 0.5) is 0 Å². The molecule has 13 heavy (non-hydrogen) atoms. The molecule has 2 rings (SSSR count). The first-order valence-electron chi connectivity index (χ1n) is 5.68. The first kappa shape index (κ1) is 9.51. The second-order valence-corrected chi connectivity index (χ2v) is 5.92. The van der Waals surface area contributed by atoms with Crippen molar-refractivity contribution in [3.05, 3.63) is 0 Å². The summed E-state index contributed by atoms with van der Waals surface area (Å²) in [6.07, 6.45) is 4.76. The molecule has 2 unspecified atom stereocenters. The van der Waals surface area contributed by atoms with E-state index in [0.29, 0.717) is 5.41 Å². The summed E-state index contributed by atoms with van der Waals surface area (Å²) in [5.74, 6) is 2.42. The van der Waals surface area contributed by atoms with Gasteiger partial charge in [-0.3, -0.25) is 0 Å². The highest BCUT2D eigenvalue weighted by molar-refractivity contribution is 4.96. The number of hydrogen-bond acceptors (Lipinski definition) is 1. The van der Waals surface area contributed by atoms with Gasteiger partial charge in [-0.2, -0.15) is 0 Å². The molecular weight excluding hydrogens is 160 g/mol. The first-order valence-corrected chi connectivity index (χ1v) is 5.68. The Balaban J connectivity index is 2.19. The van der Waals surface area contributed by atoms with Gasteiger partial charge in [-0.05, 0) is 48.9 Å². The van der Waals surface area contributed by atoms with E-state index < -0.39 is 0 Å². The Morgan fingerprint density at radius 2 is 1.46 bits per heavy atom. The zero-order valence-corrected chi connectivity index (χ0v) is 9.09. The quantitative estimate of drug-likeness (QED) is 0.611. The highest BCUT2D eigenvalue weighted by Gasteiger charge is 2.46. The molecule has 1 N–H and O–H groups in total. The number of aliphatic hydroxyl groups is 1. The van der Waals surface area contributed by atoms with Crippen LogP contribution in [0.5, 0.6) is 0 Å². The Morgan fingerprint density at radius 3 is 1.92 bits per heavy atom. The van der Waals surface area contributed by atoms with E-state index >= 15 is 0 Å². The van der Waals surface area contributed by atoms with Crippen molar-refractivity contribution >= 4 is 0 Å². The van der Waals surface area contributed by atoms with Crippen molar-refractivity contribution in [3.63, 3.8) is 0 Å². The molecule has 0 heterocycles. The maximum absolute atomic E-state index is 9.73. The lowest BCUT2D eigenvalue weighted by molar-refractivity contribution is -0.0668. The lowest BCUT2D eigenvalue weighted by atomic mass is 9.54. The predicted octanol–water partition coefficient (Wildman–Crippen LogP) is 2.83. The summed E-state index contributed by atoms with van der Waals surface area (Å²) in [6, 6.07) is 0. The summed E-state index contributed by atoms with van der Waals surface area (Å²) in [5.41, 5.74) is 0.492. The van der Waals surface area contributed by atoms with Crippen LogP contribution >= 0.6 is 0 Å². The van der Waals surface area contributed by atoms with Crippen molar-refractivity contribution in [1.29, 1.82) is 0 Å². The lowest BCUT2D eigenvalue weighted by Gasteiger charge is -2.52. The largest absolute Gasteiger partial charge is 0.393 e. The van der Waals surface area contributed by atoms with Crippen molar-refractivity contribution in [3.8, 4) is 0 Å². The van der Waals surface area contributed by atoms with Gasteiger partial charge in [0.05, 0.1) is 6.10 Å². The second kappa shape index (κ2) is 2.98. The normalized spacial score (nSPS) is 48.9. The minimum atomic E-state index is -0.00414. The van der Waals surface area contributed by atoms with E-state index in [-0.39, 0.29) is 6.10 Å². The highest BCUT2D eigenvalue weighted by Crippen LogP contribution is 2.54. The molecule has 1 heteroatoms. The highest BCUT2D eigenvalue weighted by atomic mass is 16.3. The van der Waals surface area contributed by atoms with Gasteiger partial charge in [-0.15, -0.1) is 0 Å². The van der Waals surface area contributed by atoms with Crippen LogP contribution < -0.4 is 0 Å². The van der Waals surface area contributed by atoms with Crippen LogP contribution in [-0.2, 0) is 0 Å². The third-order valence-electron chi connectivity index (χ3n) is 4.59. The van der Waals surface area contributed by atoms with Crippen LogP contribution in [0, 0.1) is 23.2 Å². The summed E-state index contributed by atoms with van der Waals surface area (Å²) >= 11 is 0. The van der Waals surface area contributed by atoms with E-state index in [4.69, 9.17) is 0 Å². The Kier molecular flexibility index (Phi) is 2.18. The molecule has 0 aromatic heterocycles. The van der Waals surface area contributed by atoms with E-state index in [1.165, 1.54) is 12.8 Å². The molecule has 0 radical (unpaired) electrons. The molecule has 0 spiro atoms. The number of fused-ring (bicyclic) bond motifs is 2. The maximum atomic E-state index is 9.73. The summed E-state index contributed by atoms with van der Waals surface area (Å²) < 4.78 is 0. The summed E-state index contributed by atoms with van der Waals surface area (Å²) in [7, 11) is 0. The van der Waals surface area contributed by atoms with Gasteiger partial charge in [0, 0.05) is 0 Å². The molecule has 0 amide bonds. The number of hydrogen-bond donors (Lipinski definition) is 1. The Morgan fingerprint density at radius 1 is 1.00 bits per heavy atom. The predicted molar refractivity (Wildman–Crippen MR) is 54.4 cm³/mol. The van der Waals surface area contributed by atoms with E-state index in [9.17, 15) is 5.11 Å². The van der Waals surface area contributed by atoms with E-state index in [1.54, 1.807) is 0 Å². The van der Waals surface area contributed by atoms with Crippen molar-refractivity contribution in [2.24, 2.45) is 23.2 Å². The summed E-state index contributed by atoms with van der Waals surface area (Å²) in [4.78, 5) is 0. The van der Waals surface area contributed by atoms with Crippen LogP contribution in [0.15, 0.2) is 0 Å². The second-order valence-electron chi connectivity index (χ2n) is 5.92. The summed E-state index contributed by atoms with van der Waals surface area (Å²) in [5, 5.41) is 9.73. The van der Waals surface area contributed by atoms with E-state index in [0.717, 1.165) is 30.6 Å². The molecule has 2 bridgehead atoms. The van der Waals surface area contributed by atoms with Gasteiger partial charge in [0.1, 0.15) is 0 Å². The van der Waals surface area contributed by atoms with Crippen LogP contribution in [0.3, 0.4) is 0 Å². The van der Waals surface area contributed by atoms with Gasteiger partial charge in [-0.25, -0.2) is 0 Å². The molecule has 1 nitrogen and oxygen atoms in total. The molecule has 2 aliphatic rings. The Bertz CT molecular complexity index is 165. The number of rotatable bonds is 0. The standard InChI is InChI=1S/C12H22O/c1-8-4-9-6-11(13)7-10(5-8)12(9,2)3/h8-11,13H,4-7H2,1-3H3. The molecule has 0 aliphatic heterocycles. The fourth-order valence-corrected chi connectivity index (χ4v) is 3.56. The minimum Gasteiger partial charge on any atom is -0.393 e. The average Bonchev–Trinajstić information content (AvgIpc) is 1.95. The SMILES string of the molecule is CC1CC2CC(O)CC(C1)C2(C)C. The zero-order valence-electron chi connectivity index (χ0n) is 9.09. The Hall–Kier alpha value is -0.0400. The summed E-state index contributed by atoms with van der Waals surface area (Å²) in [6.45, 7) is 7.17. The number of aliphatic hydroxyl groups excluding tert-OH is 1. The average molecular weight is 182 g/mol. The van der Waals surface area contributed by atoms with Gasteiger partial charge < -0.3 is 5.11 Å². The van der Waals surface area contributed by atoms with Gasteiger partial charge in [-0.1, -0.05) is 20.8 Å². The van der Waals surface area contributed by atoms with Crippen LogP contribution in [0.1, 0.15) is 46.5 Å². The molecule has 0 saturated heterocycles. The van der Waals surface area contributed by atoms with E-state index in [2.05, 4.69) is 20.8 Å². The van der Waals surface area contributed by atoms with Gasteiger partial charge in [0.25, 0.3) is 0 Å². The molecule has 2 aliphatic carbocycles. The molecule has 2 fully saturated rings. The van der Waals surface area contributed by atoms with E-state index in [1.807, 2.05) is 0 Å². The molecule has 76 valence electrons. The van der Waals surface area contributed by atoms with Crippen LogP contribution in [0.2, 0.25) is 0 Å². The van der Waals surface area contributed by atoms with Crippen LogP contribution in [0.25, 0.3) is 0 Å². The molecule has 0 aromatic carbocycles. The minimum absolute atomic E-state index is 0.00414. The first-order chi connectivity index (χ1) is 6.00. The van der Waals surface area contributed by atoms with Crippen molar-refractivity contribution in [2.75, 3.05) is 0 Å². The van der Waals surface area contributed by atoms with Crippen molar-refractivity contribution in [1.82, 2.24) is 0 Å². The fraction of sp³-hybridized carbons (Fsp3) is 1.00. The van der Waals surface area contributed by atoms with Gasteiger partial charge in [0.15, 0.2) is 0 Å². The fourth-order valence-electron chi connectivity index (χ4n) is 3.56. The third kappa shape index (κ3) is 1.52. The maximum Gasteiger partial charge on any atom is 0.0546 e. The lowest BCUT2D eigenvalue weighted by Crippen LogP contribution is -2.46. The molecular formula is C12H22O. The molecule has 2 saturated carbocycles. The Labute approximate surface area is 81.5 Å². The van der Waals surface area contributed by atoms with Gasteiger partial charge in [0.2, 0.25) is 0 Å². The van der Waals surface area contributed by atoms with Crippen molar-refractivity contribution in [2.45, 2.75) is 52.6 Å². The van der Waals surface area contributed by atoms with Gasteiger partial charge >= 0.3 is 0 Å². The van der Waals surface area contributed by atoms with Crippen molar-refractivity contribution < 1.29 is 5.11 Å². The third-order valence-corrected chi connectivity index (χ3v) is 4.59.